The van der Waals surface area contributed by atoms with Gasteiger partial charge in [-0.25, -0.2) is 8.78 Å². The van der Waals surface area contributed by atoms with Crippen LogP contribution in [0.2, 0.25) is 0 Å². The van der Waals surface area contributed by atoms with Crippen molar-refractivity contribution in [3.8, 4) is 23.5 Å². The molecular weight excluding hydrogens is 408 g/mol. The third-order valence-electron chi connectivity index (χ3n) is 5.49. The van der Waals surface area contributed by atoms with Crippen molar-refractivity contribution in [1.29, 1.82) is 0 Å². The molecule has 4 rings (SSSR count). The standard InChI is InChI=1S/C26H21F2N3O/c1-4-26(2,3)24-10-7-19(15-30-24)31-25(32)13-17-6-5-16(12-22(17)28)18-11-20-21(27)8-9-23(20)29-14-18/h1,5-8,10-12,14-15H,9,13H2,2-3H3,(H,31,32). The van der Waals surface area contributed by atoms with Crippen molar-refractivity contribution in [2.45, 2.75) is 32.1 Å². The number of hydrogen-bond donors (Lipinski definition) is 1. The minimum atomic E-state index is -0.515. The maximum absolute atomic E-state index is 14.7. The van der Waals surface area contributed by atoms with Gasteiger partial charge in [0, 0.05) is 23.7 Å². The smallest absolute Gasteiger partial charge is 0.228 e. The van der Waals surface area contributed by atoms with E-state index < -0.39 is 11.2 Å². The zero-order chi connectivity index (χ0) is 22.9. The number of pyridine rings is 2. The Balaban J connectivity index is 1.45. The summed E-state index contributed by atoms with van der Waals surface area (Å²) in [7, 11) is 0. The van der Waals surface area contributed by atoms with Gasteiger partial charge < -0.3 is 5.32 Å². The number of allylic oxidation sites excluding steroid dienone is 1. The molecule has 32 heavy (non-hydrogen) atoms. The highest BCUT2D eigenvalue weighted by molar-refractivity contribution is 5.92. The van der Waals surface area contributed by atoms with E-state index in [1.54, 1.807) is 36.5 Å². The third-order valence-corrected chi connectivity index (χ3v) is 5.49. The van der Waals surface area contributed by atoms with Crippen LogP contribution in [0, 0.1) is 18.2 Å². The fourth-order valence-corrected chi connectivity index (χ4v) is 3.48. The van der Waals surface area contributed by atoms with Crippen LogP contribution in [0.1, 0.15) is 36.4 Å². The SMILES string of the molecule is C#CC(C)(C)c1ccc(NC(=O)Cc2ccc(-c3cnc4c(c3)C(F)=CC4)cc2F)cn1. The summed E-state index contributed by atoms with van der Waals surface area (Å²) in [5.74, 6) is 1.48. The molecule has 0 fully saturated rings. The van der Waals surface area contributed by atoms with E-state index >= 15 is 0 Å². The number of benzene rings is 1. The van der Waals surface area contributed by atoms with Crippen molar-refractivity contribution in [3.63, 3.8) is 0 Å². The van der Waals surface area contributed by atoms with Gasteiger partial charge in [0.15, 0.2) is 0 Å². The Bertz CT molecular complexity index is 1270. The summed E-state index contributed by atoms with van der Waals surface area (Å²) in [6.45, 7) is 3.76. The lowest BCUT2D eigenvalue weighted by Crippen LogP contribution is -2.18. The van der Waals surface area contributed by atoms with Gasteiger partial charge in [-0.15, -0.1) is 6.42 Å². The predicted octanol–water partition coefficient (Wildman–Crippen LogP) is 5.24. The van der Waals surface area contributed by atoms with Gasteiger partial charge in [0.25, 0.3) is 0 Å². The molecule has 0 aliphatic heterocycles. The van der Waals surface area contributed by atoms with E-state index in [-0.39, 0.29) is 23.7 Å². The van der Waals surface area contributed by atoms with E-state index in [2.05, 4.69) is 21.2 Å². The summed E-state index contributed by atoms with van der Waals surface area (Å²) in [5, 5.41) is 2.72. The number of nitrogens with one attached hydrogen (secondary N) is 1. The molecule has 0 radical (unpaired) electrons. The number of carbonyl (C=O) groups is 1. The van der Waals surface area contributed by atoms with Crippen LogP contribution >= 0.6 is 0 Å². The predicted molar refractivity (Wildman–Crippen MR) is 121 cm³/mol. The Morgan fingerprint density at radius 1 is 1.12 bits per heavy atom. The highest BCUT2D eigenvalue weighted by atomic mass is 19.1. The van der Waals surface area contributed by atoms with Crippen LogP contribution in [-0.2, 0) is 23.1 Å². The zero-order valence-corrected chi connectivity index (χ0v) is 17.7. The summed E-state index contributed by atoms with van der Waals surface area (Å²) in [6, 6.07) is 9.73. The molecule has 0 saturated heterocycles. The molecule has 1 aliphatic carbocycles. The van der Waals surface area contributed by atoms with E-state index in [1.807, 2.05) is 13.8 Å². The van der Waals surface area contributed by atoms with Gasteiger partial charge in [0.1, 0.15) is 11.6 Å². The Labute approximate surface area is 185 Å². The molecule has 1 N–H and O–H groups in total. The van der Waals surface area contributed by atoms with E-state index in [9.17, 15) is 13.6 Å². The van der Waals surface area contributed by atoms with Gasteiger partial charge in [-0.05, 0) is 55.3 Å². The van der Waals surface area contributed by atoms with Gasteiger partial charge in [0.05, 0.1) is 35.1 Å². The number of rotatable bonds is 5. The van der Waals surface area contributed by atoms with Crippen LogP contribution in [0.5, 0.6) is 0 Å². The first kappa shape index (κ1) is 21.4. The van der Waals surface area contributed by atoms with Crippen molar-refractivity contribution in [3.05, 3.63) is 83.2 Å². The largest absolute Gasteiger partial charge is 0.324 e. The monoisotopic (exact) mass is 429 g/mol. The first-order valence-corrected chi connectivity index (χ1v) is 10.1. The summed E-state index contributed by atoms with van der Waals surface area (Å²) in [5.41, 5.74) is 3.26. The Morgan fingerprint density at radius 3 is 2.62 bits per heavy atom. The van der Waals surface area contributed by atoms with Crippen molar-refractivity contribution < 1.29 is 13.6 Å². The zero-order valence-electron chi connectivity index (χ0n) is 17.7. The van der Waals surface area contributed by atoms with Crippen LogP contribution in [0.15, 0.2) is 54.9 Å². The van der Waals surface area contributed by atoms with Crippen molar-refractivity contribution >= 4 is 17.4 Å². The number of carbonyl (C=O) groups excluding carboxylic acids is 1. The lowest BCUT2D eigenvalue weighted by atomic mass is 9.90. The summed E-state index contributed by atoms with van der Waals surface area (Å²) < 4.78 is 28.6. The molecule has 4 nitrogen and oxygen atoms in total. The number of halogens is 2. The molecule has 6 heteroatoms. The minimum Gasteiger partial charge on any atom is -0.324 e. The van der Waals surface area contributed by atoms with Gasteiger partial charge in [-0.1, -0.05) is 18.1 Å². The van der Waals surface area contributed by atoms with Crippen molar-refractivity contribution in [1.82, 2.24) is 9.97 Å². The van der Waals surface area contributed by atoms with Crippen molar-refractivity contribution in [2.75, 3.05) is 5.32 Å². The van der Waals surface area contributed by atoms with E-state index in [0.717, 1.165) is 5.69 Å². The van der Waals surface area contributed by atoms with Crippen molar-refractivity contribution in [2.24, 2.45) is 0 Å². The van der Waals surface area contributed by atoms with E-state index in [0.29, 0.717) is 34.5 Å². The quantitative estimate of drug-likeness (QED) is 0.564. The fourth-order valence-electron chi connectivity index (χ4n) is 3.48. The number of amides is 1. The molecular formula is C26H21F2N3O. The molecule has 2 heterocycles. The van der Waals surface area contributed by atoms with Crippen LogP contribution in [0.3, 0.4) is 0 Å². The molecule has 2 aromatic heterocycles. The average molecular weight is 429 g/mol. The van der Waals surface area contributed by atoms with Crippen LogP contribution in [-0.4, -0.2) is 15.9 Å². The maximum Gasteiger partial charge on any atom is 0.228 e. The number of terminal acetylenes is 1. The second-order valence-corrected chi connectivity index (χ2v) is 8.21. The van der Waals surface area contributed by atoms with Crippen LogP contribution < -0.4 is 5.32 Å². The topological polar surface area (TPSA) is 54.9 Å². The molecule has 0 bridgehead atoms. The summed E-state index contributed by atoms with van der Waals surface area (Å²) >= 11 is 0. The van der Waals surface area contributed by atoms with Gasteiger partial charge in [-0.2, -0.15) is 0 Å². The van der Waals surface area contributed by atoms with Crippen LogP contribution in [0.4, 0.5) is 14.5 Å². The second kappa shape index (κ2) is 8.35. The first-order valence-electron chi connectivity index (χ1n) is 10.1. The molecule has 1 aromatic carbocycles. The van der Waals surface area contributed by atoms with Gasteiger partial charge in [0.2, 0.25) is 5.91 Å². The number of aromatic nitrogens is 2. The highest BCUT2D eigenvalue weighted by Crippen LogP contribution is 2.31. The van der Waals surface area contributed by atoms with Crippen LogP contribution in [0.25, 0.3) is 17.0 Å². The Morgan fingerprint density at radius 2 is 1.94 bits per heavy atom. The summed E-state index contributed by atoms with van der Waals surface area (Å²) in [6.07, 6.45) is 10.4. The Hall–Kier alpha value is -3.85. The molecule has 0 spiro atoms. The first-order chi connectivity index (χ1) is 15.3. The molecule has 160 valence electrons. The molecule has 0 atom stereocenters. The lowest BCUT2D eigenvalue weighted by molar-refractivity contribution is -0.115. The molecule has 0 unspecified atom stereocenters. The number of hydrogen-bond acceptors (Lipinski definition) is 3. The summed E-state index contributed by atoms with van der Waals surface area (Å²) in [4.78, 5) is 21.0. The average Bonchev–Trinajstić information content (AvgIpc) is 3.15. The van der Waals surface area contributed by atoms with Gasteiger partial charge >= 0.3 is 0 Å². The minimum absolute atomic E-state index is 0.135. The fraction of sp³-hybridized carbons (Fsp3) is 0.192. The second-order valence-electron chi connectivity index (χ2n) is 8.21. The van der Waals surface area contributed by atoms with Gasteiger partial charge in [-0.3, -0.25) is 14.8 Å². The molecule has 3 aromatic rings. The molecule has 1 aliphatic rings. The van der Waals surface area contributed by atoms with E-state index in [1.165, 1.54) is 18.3 Å². The maximum atomic E-state index is 14.7. The van der Waals surface area contributed by atoms with E-state index in [4.69, 9.17) is 6.42 Å². The molecule has 0 saturated carbocycles. The third kappa shape index (κ3) is 4.28. The lowest BCUT2D eigenvalue weighted by Gasteiger charge is -2.16. The number of fused-ring (bicyclic) bond motifs is 1. The Kier molecular flexibility index (Phi) is 5.58. The number of nitrogens with zero attached hydrogens (tertiary/aromatic N) is 2. The highest BCUT2D eigenvalue weighted by Gasteiger charge is 2.19. The molecule has 1 amide bonds. The number of anilines is 1. The normalized spacial score (nSPS) is 12.7.